The predicted molar refractivity (Wildman–Crippen MR) is 113 cm³/mol. The Bertz CT molecular complexity index is 1170. The van der Waals surface area contributed by atoms with E-state index in [1.54, 1.807) is 0 Å². The first kappa shape index (κ1) is 18.1. The second-order valence-electron chi connectivity index (χ2n) is 8.28. The zero-order valence-corrected chi connectivity index (χ0v) is 17.1. The summed E-state index contributed by atoms with van der Waals surface area (Å²) in [6, 6.07) is 2.47. The van der Waals surface area contributed by atoms with E-state index in [0.29, 0.717) is 17.8 Å². The van der Waals surface area contributed by atoms with E-state index in [4.69, 9.17) is 0 Å². The predicted octanol–water partition coefficient (Wildman–Crippen LogP) is 3.08. The Morgan fingerprint density at radius 2 is 1.90 bits per heavy atom. The highest BCUT2D eigenvalue weighted by Crippen LogP contribution is 2.29. The van der Waals surface area contributed by atoms with E-state index in [1.807, 2.05) is 40.6 Å². The van der Waals surface area contributed by atoms with Gasteiger partial charge in [0.15, 0.2) is 0 Å². The van der Waals surface area contributed by atoms with Gasteiger partial charge in [-0.25, -0.2) is 19.5 Å². The third kappa shape index (κ3) is 3.23. The number of imidazole rings is 1. The molecular weight excluding hydrogens is 364 g/mol. The fraction of sp³-hybridized carbons (Fsp3) is 0.429. The molecule has 1 aliphatic carbocycles. The number of anilines is 1. The van der Waals surface area contributed by atoms with Gasteiger partial charge in [-0.1, -0.05) is 0 Å². The fourth-order valence-corrected chi connectivity index (χ4v) is 4.17. The normalized spacial score (nSPS) is 22.4. The number of hydrogen-bond donors (Lipinski definition) is 2. The second-order valence-corrected chi connectivity index (χ2v) is 8.28. The molecule has 4 aromatic rings. The number of nitrogens with one attached hydrogen (secondary N) is 2. The van der Waals surface area contributed by atoms with Crippen molar-refractivity contribution in [2.75, 3.05) is 12.4 Å². The lowest BCUT2D eigenvalue weighted by molar-refractivity contribution is 0.258. The van der Waals surface area contributed by atoms with Crippen molar-refractivity contribution in [3.8, 4) is 11.1 Å². The third-order valence-corrected chi connectivity index (χ3v) is 6.30. The van der Waals surface area contributed by atoms with Crippen LogP contribution in [-0.4, -0.2) is 47.6 Å². The van der Waals surface area contributed by atoms with Crippen LogP contribution in [0.2, 0.25) is 0 Å². The topological polar surface area (TPSA) is 84.4 Å². The molecule has 0 atom stereocenters. The van der Waals surface area contributed by atoms with Crippen LogP contribution in [0.4, 0.5) is 5.95 Å². The summed E-state index contributed by atoms with van der Waals surface area (Å²) in [7, 11) is 2.05. The summed E-state index contributed by atoms with van der Waals surface area (Å²) in [6.45, 7) is 4.32. The van der Waals surface area contributed by atoms with Crippen molar-refractivity contribution in [3.05, 3.63) is 42.7 Å². The molecule has 0 amide bonds. The molecule has 0 aromatic carbocycles. The lowest BCUT2D eigenvalue weighted by Gasteiger charge is -2.37. The minimum absolute atomic E-state index is 0.251. The molecule has 0 bridgehead atoms. The van der Waals surface area contributed by atoms with Crippen LogP contribution in [0.15, 0.2) is 37.1 Å². The van der Waals surface area contributed by atoms with E-state index < -0.39 is 0 Å². The molecule has 8 heteroatoms. The Labute approximate surface area is 169 Å². The Morgan fingerprint density at radius 3 is 2.69 bits per heavy atom. The Balaban J connectivity index is 1.39. The average Bonchev–Trinajstić information content (AvgIpc) is 3.33. The van der Waals surface area contributed by atoms with Gasteiger partial charge in [0.25, 0.3) is 0 Å². The van der Waals surface area contributed by atoms with Gasteiger partial charge in [-0.15, -0.1) is 5.10 Å². The molecule has 2 N–H and O–H groups in total. The molecule has 1 fully saturated rings. The number of aromatic nitrogens is 6. The smallest absolute Gasteiger partial charge is 0.241 e. The maximum atomic E-state index is 4.68. The maximum Gasteiger partial charge on any atom is 0.241 e. The maximum absolute atomic E-state index is 4.68. The second kappa shape index (κ2) is 6.81. The standard InChI is InChI=1S/C21H26N8/c1-14-10-24-20-25-11-15(13-28(14)20)17-6-9-29-18(17)12-23-19(27-29)26-16-4-7-21(2,22-3)8-5-16/h6,9-13,16,22H,4-5,7-8H2,1-3H3,(H,26,27). The number of fused-ring (bicyclic) bond motifs is 2. The van der Waals surface area contributed by atoms with Crippen molar-refractivity contribution in [2.24, 2.45) is 0 Å². The molecule has 0 unspecified atom stereocenters. The highest BCUT2D eigenvalue weighted by atomic mass is 15.3. The van der Waals surface area contributed by atoms with Crippen LogP contribution >= 0.6 is 0 Å². The van der Waals surface area contributed by atoms with E-state index in [2.05, 4.69) is 56.9 Å². The SMILES string of the molecule is CNC1(C)CCC(Nc2ncc3c(-c4cnc5ncc(C)n5c4)ccn3n2)CC1. The first-order valence-corrected chi connectivity index (χ1v) is 10.1. The Morgan fingerprint density at radius 1 is 1.10 bits per heavy atom. The molecule has 4 aromatic heterocycles. The van der Waals surface area contributed by atoms with Crippen molar-refractivity contribution in [1.82, 2.24) is 34.3 Å². The highest BCUT2D eigenvalue weighted by molar-refractivity contribution is 5.79. The zero-order chi connectivity index (χ0) is 20.0. The van der Waals surface area contributed by atoms with Crippen LogP contribution in [0.5, 0.6) is 0 Å². The molecule has 0 aliphatic heterocycles. The molecule has 0 saturated heterocycles. The van der Waals surface area contributed by atoms with Crippen LogP contribution in [0.1, 0.15) is 38.3 Å². The summed E-state index contributed by atoms with van der Waals surface area (Å²) < 4.78 is 3.88. The van der Waals surface area contributed by atoms with Crippen LogP contribution in [0, 0.1) is 6.92 Å². The largest absolute Gasteiger partial charge is 0.350 e. The summed E-state index contributed by atoms with van der Waals surface area (Å²) in [5.41, 5.74) is 4.34. The molecule has 8 nitrogen and oxygen atoms in total. The molecule has 4 heterocycles. The van der Waals surface area contributed by atoms with Crippen molar-refractivity contribution in [3.63, 3.8) is 0 Å². The fourth-order valence-electron chi connectivity index (χ4n) is 4.17. The Hall–Kier alpha value is -3.00. The van der Waals surface area contributed by atoms with Gasteiger partial charge in [0.05, 0.1) is 17.9 Å². The van der Waals surface area contributed by atoms with Gasteiger partial charge in [0.2, 0.25) is 11.7 Å². The van der Waals surface area contributed by atoms with Gasteiger partial charge in [-0.3, -0.25) is 4.40 Å². The van der Waals surface area contributed by atoms with E-state index in [1.165, 1.54) is 0 Å². The Kier molecular flexibility index (Phi) is 4.24. The summed E-state index contributed by atoms with van der Waals surface area (Å²) in [6.07, 6.45) is 14.1. The van der Waals surface area contributed by atoms with Crippen LogP contribution in [0.25, 0.3) is 22.4 Å². The lowest BCUT2D eigenvalue weighted by Crippen LogP contribution is -2.45. The minimum atomic E-state index is 0.251. The van der Waals surface area contributed by atoms with Gasteiger partial charge in [0, 0.05) is 47.0 Å². The monoisotopic (exact) mass is 390 g/mol. The number of nitrogens with zero attached hydrogens (tertiary/aromatic N) is 6. The lowest BCUT2D eigenvalue weighted by atomic mass is 9.81. The van der Waals surface area contributed by atoms with Crippen LogP contribution in [0.3, 0.4) is 0 Å². The van der Waals surface area contributed by atoms with Gasteiger partial charge >= 0.3 is 0 Å². The molecular formula is C21H26N8. The quantitative estimate of drug-likeness (QED) is 0.557. The molecule has 150 valence electrons. The van der Waals surface area contributed by atoms with Crippen molar-refractivity contribution < 1.29 is 0 Å². The highest BCUT2D eigenvalue weighted by Gasteiger charge is 2.29. The van der Waals surface area contributed by atoms with E-state index in [9.17, 15) is 0 Å². The van der Waals surface area contributed by atoms with Crippen LogP contribution in [-0.2, 0) is 0 Å². The number of rotatable bonds is 4. The molecule has 1 saturated carbocycles. The summed E-state index contributed by atoms with van der Waals surface area (Å²) in [5.74, 6) is 1.39. The zero-order valence-electron chi connectivity index (χ0n) is 17.1. The van der Waals surface area contributed by atoms with Crippen molar-refractivity contribution in [1.29, 1.82) is 0 Å². The molecule has 0 radical (unpaired) electrons. The summed E-state index contributed by atoms with van der Waals surface area (Å²) in [5, 5.41) is 11.6. The van der Waals surface area contributed by atoms with Gasteiger partial charge in [-0.2, -0.15) is 0 Å². The number of hydrogen-bond acceptors (Lipinski definition) is 6. The van der Waals surface area contributed by atoms with E-state index in [0.717, 1.165) is 48.0 Å². The molecule has 29 heavy (non-hydrogen) atoms. The van der Waals surface area contributed by atoms with E-state index in [-0.39, 0.29) is 5.54 Å². The molecule has 1 aliphatic rings. The van der Waals surface area contributed by atoms with E-state index >= 15 is 0 Å². The van der Waals surface area contributed by atoms with Crippen LogP contribution < -0.4 is 10.6 Å². The van der Waals surface area contributed by atoms with Gasteiger partial charge in [0.1, 0.15) is 0 Å². The summed E-state index contributed by atoms with van der Waals surface area (Å²) >= 11 is 0. The van der Waals surface area contributed by atoms with Gasteiger partial charge in [-0.05, 0) is 52.6 Å². The minimum Gasteiger partial charge on any atom is -0.350 e. The molecule has 0 spiro atoms. The third-order valence-electron chi connectivity index (χ3n) is 6.30. The molecule has 5 rings (SSSR count). The summed E-state index contributed by atoms with van der Waals surface area (Å²) in [4.78, 5) is 13.3. The average molecular weight is 390 g/mol. The number of aryl methyl sites for hydroxylation is 1. The van der Waals surface area contributed by atoms with Gasteiger partial charge < -0.3 is 10.6 Å². The first-order valence-electron chi connectivity index (χ1n) is 10.1. The van der Waals surface area contributed by atoms with Crippen molar-refractivity contribution in [2.45, 2.75) is 51.1 Å². The van der Waals surface area contributed by atoms with Crippen molar-refractivity contribution >= 4 is 17.2 Å². The first-order chi connectivity index (χ1) is 14.0.